The molecule has 0 bridgehead atoms. The van der Waals surface area contributed by atoms with Gasteiger partial charge in [0.15, 0.2) is 0 Å². The fourth-order valence-corrected chi connectivity index (χ4v) is 1.93. The minimum atomic E-state index is -0.0338. The van der Waals surface area contributed by atoms with Gasteiger partial charge >= 0.3 is 0 Å². The van der Waals surface area contributed by atoms with Crippen LogP contribution in [-0.4, -0.2) is 18.8 Å². The third-order valence-electron chi connectivity index (χ3n) is 2.98. The van der Waals surface area contributed by atoms with Crippen LogP contribution < -0.4 is 5.32 Å². The summed E-state index contributed by atoms with van der Waals surface area (Å²) < 4.78 is 5.69. The van der Waals surface area contributed by atoms with Gasteiger partial charge in [-0.15, -0.1) is 0 Å². The molecule has 1 aliphatic heterocycles. The maximum atomic E-state index is 8.68. The Morgan fingerprint density at radius 2 is 2.19 bits per heavy atom. The predicted octanol–water partition coefficient (Wildman–Crippen LogP) is 2.54. The fraction of sp³-hybridized carbons (Fsp3) is 0.462. The lowest BCUT2D eigenvalue weighted by Gasteiger charge is -2.24. The predicted molar refractivity (Wildman–Crippen MR) is 63.2 cm³/mol. The topological polar surface area (TPSA) is 45.0 Å². The van der Waals surface area contributed by atoms with E-state index in [0.717, 1.165) is 31.7 Å². The average molecular weight is 216 g/mol. The Morgan fingerprint density at radius 3 is 2.75 bits per heavy atom. The highest BCUT2D eigenvalue weighted by Gasteiger charge is 2.29. The normalized spacial score (nSPS) is 24.0. The summed E-state index contributed by atoms with van der Waals surface area (Å²) in [5.74, 6) is 0. The van der Waals surface area contributed by atoms with Crippen LogP contribution in [0, 0.1) is 11.3 Å². The summed E-state index contributed by atoms with van der Waals surface area (Å²) in [6, 6.07) is 9.60. The van der Waals surface area contributed by atoms with E-state index in [1.165, 1.54) is 0 Å². The summed E-state index contributed by atoms with van der Waals surface area (Å²) in [6.07, 6.45) is 2.25. The van der Waals surface area contributed by atoms with E-state index in [-0.39, 0.29) is 5.60 Å². The Kier molecular flexibility index (Phi) is 3.12. The van der Waals surface area contributed by atoms with Crippen molar-refractivity contribution < 1.29 is 4.74 Å². The van der Waals surface area contributed by atoms with Crippen LogP contribution in [0.2, 0.25) is 0 Å². The van der Waals surface area contributed by atoms with Gasteiger partial charge in [-0.1, -0.05) is 0 Å². The first-order valence-electron chi connectivity index (χ1n) is 5.60. The van der Waals surface area contributed by atoms with Gasteiger partial charge in [0.2, 0.25) is 0 Å². The monoisotopic (exact) mass is 216 g/mol. The smallest absolute Gasteiger partial charge is 0.0991 e. The second-order valence-electron chi connectivity index (χ2n) is 4.44. The molecule has 1 aromatic carbocycles. The zero-order valence-electron chi connectivity index (χ0n) is 9.49. The number of hydrogen-bond donors (Lipinski definition) is 1. The molecule has 1 aromatic rings. The number of rotatable bonds is 3. The van der Waals surface area contributed by atoms with E-state index < -0.39 is 0 Å². The van der Waals surface area contributed by atoms with Gasteiger partial charge in [-0.25, -0.2) is 0 Å². The zero-order chi connectivity index (χ0) is 11.4. The van der Waals surface area contributed by atoms with E-state index in [1.807, 2.05) is 24.3 Å². The standard InChI is InChI=1S/C13H16N2O/c1-13(7-2-8-16-13)10-15-12-5-3-11(9-14)4-6-12/h3-6,15H,2,7-8,10H2,1H3. The molecule has 3 nitrogen and oxygen atoms in total. The molecule has 1 aliphatic rings. The Morgan fingerprint density at radius 1 is 1.44 bits per heavy atom. The van der Waals surface area contributed by atoms with Gasteiger partial charge in [0.05, 0.1) is 17.2 Å². The second-order valence-corrected chi connectivity index (χ2v) is 4.44. The van der Waals surface area contributed by atoms with Gasteiger partial charge in [-0.2, -0.15) is 5.26 Å². The van der Waals surface area contributed by atoms with E-state index in [1.54, 1.807) is 0 Å². The molecule has 1 N–H and O–H groups in total. The Balaban J connectivity index is 1.92. The van der Waals surface area contributed by atoms with E-state index in [9.17, 15) is 0 Å². The van der Waals surface area contributed by atoms with Crippen molar-refractivity contribution in [2.24, 2.45) is 0 Å². The van der Waals surface area contributed by atoms with Crippen molar-refractivity contribution >= 4 is 5.69 Å². The third kappa shape index (κ3) is 2.53. The molecule has 0 amide bonds. The minimum absolute atomic E-state index is 0.0338. The van der Waals surface area contributed by atoms with Crippen LogP contribution in [0.4, 0.5) is 5.69 Å². The quantitative estimate of drug-likeness (QED) is 0.844. The molecule has 84 valence electrons. The van der Waals surface area contributed by atoms with Gasteiger partial charge in [-0.05, 0) is 44.0 Å². The first-order chi connectivity index (χ1) is 7.72. The number of ether oxygens (including phenoxy) is 1. The van der Waals surface area contributed by atoms with Crippen molar-refractivity contribution in [3.8, 4) is 6.07 Å². The van der Waals surface area contributed by atoms with Crippen molar-refractivity contribution in [3.63, 3.8) is 0 Å². The Hall–Kier alpha value is -1.53. The largest absolute Gasteiger partial charge is 0.382 e. The van der Waals surface area contributed by atoms with E-state index in [0.29, 0.717) is 5.56 Å². The highest BCUT2D eigenvalue weighted by atomic mass is 16.5. The van der Waals surface area contributed by atoms with E-state index in [4.69, 9.17) is 10.00 Å². The third-order valence-corrected chi connectivity index (χ3v) is 2.98. The SMILES string of the molecule is CC1(CNc2ccc(C#N)cc2)CCCO1. The summed E-state index contributed by atoms with van der Waals surface area (Å²) in [7, 11) is 0. The molecule has 0 aliphatic carbocycles. The minimum Gasteiger partial charge on any atom is -0.382 e. The van der Waals surface area contributed by atoms with Gasteiger partial charge in [0, 0.05) is 18.8 Å². The fourth-order valence-electron chi connectivity index (χ4n) is 1.93. The van der Waals surface area contributed by atoms with Crippen LogP contribution in [0.15, 0.2) is 24.3 Å². The van der Waals surface area contributed by atoms with Crippen molar-refractivity contribution in [1.29, 1.82) is 5.26 Å². The molecule has 1 saturated heterocycles. The van der Waals surface area contributed by atoms with Gasteiger partial charge in [0.25, 0.3) is 0 Å². The van der Waals surface area contributed by atoms with Crippen LogP contribution >= 0.6 is 0 Å². The summed E-state index contributed by atoms with van der Waals surface area (Å²) in [4.78, 5) is 0. The first kappa shape index (κ1) is 11.0. The van der Waals surface area contributed by atoms with E-state index in [2.05, 4.69) is 18.3 Å². The van der Waals surface area contributed by atoms with E-state index >= 15 is 0 Å². The molecular formula is C13H16N2O. The summed E-state index contributed by atoms with van der Waals surface area (Å²) in [6.45, 7) is 3.82. The van der Waals surface area contributed by atoms with Gasteiger partial charge in [-0.3, -0.25) is 0 Å². The summed E-state index contributed by atoms with van der Waals surface area (Å²) in [5.41, 5.74) is 1.69. The van der Waals surface area contributed by atoms with Crippen LogP contribution in [-0.2, 0) is 4.74 Å². The van der Waals surface area contributed by atoms with Crippen molar-refractivity contribution in [2.45, 2.75) is 25.4 Å². The summed E-state index contributed by atoms with van der Waals surface area (Å²) >= 11 is 0. The second kappa shape index (κ2) is 4.54. The first-order valence-corrected chi connectivity index (χ1v) is 5.60. The number of nitriles is 1. The molecule has 0 aromatic heterocycles. The Bertz CT molecular complexity index is 385. The number of benzene rings is 1. The van der Waals surface area contributed by atoms with Gasteiger partial charge < -0.3 is 10.1 Å². The number of hydrogen-bond acceptors (Lipinski definition) is 3. The molecule has 0 saturated carbocycles. The van der Waals surface area contributed by atoms with Crippen LogP contribution in [0.1, 0.15) is 25.3 Å². The van der Waals surface area contributed by atoms with Crippen LogP contribution in [0.5, 0.6) is 0 Å². The number of anilines is 1. The lowest BCUT2D eigenvalue weighted by molar-refractivity contribution is 0.0315. The van der Waals surface area contributed by atoms with Crippen molar-refractivity contribution in [1.82, 2.24) is 0 Å². The molecule has 1 heterocycles. The molecule has 0 radical (unpaired) electrons. The maximum absolute atomic E-state index is 8.68. The molecule has 0 spiro atoms. The Labute approximate surface area is 96.0 Å². The summed E-state index contributed by atoms with van der Waals surface area (Å²) in [5, 5.41) is 12.0. The van der Waals surface area contributed by atoms with Crippen molar-refractivity contribution in [2.75, 3.05) is 18.5 Å². The molecule has 3 heteroatoms. The zero-order valence-corrected chi connectivity index (χ0v) is 9.49. The molecule has 1 unspecified atom stereocenters. The lowest BCUT2D eigenvalue weighted by Crippen LogP contribution is -2.32. The highest BCUT2D eigenvalue weighted by molar-refractivity contribution is 5.47. The van der Waals surface area contributed by atoms with Gasteiger partial charge in [0.1, 0.15) is 0 Å². The average Bonchev–Trinajstić information content (AvgIpc) is 2.75. The maximum Gasteiger partial charge on any atom is 0.0991 e. The van der Waals surface area contributed by atoms with Crippen LogP contribution in [0.3, 0.4) is 0 Å². The van der Waals surface area contributed by atoms with Crippen molar-refractivity contribution in [3.05, 3.63) is 29.8 Å². The number of nitrogens with zero attached hydrogens (tertiary/aromatic N) is 1. The lowest BCUT2D eigenvalue weighted by atomic mass is 10.0. The molecule has 1 atom stereocenters. The molecule has 16 heavy (non-hydrogen) atoms. The highest BCUT2D eigenvalue weighted by Crippen LogP contribution is 2.25. The number of nitrogens with one attached hydrogen (secondary N) is 1. The van der Waals surface area contributed by atoms with Crippen LogP contribution in [0.25, 0.3) is 0 Å². The molecular weight excluding hydrogens is 200 g/mol. The molecule has 2 rings (SSSR count). The molecule has 1 fully saturated rings.